The maximum Gasteiger partial charge on any atom is 0.288 e. The standard InChI is InChI=1S/C13H9BrCl2N2O2/c14-10-3-2-9(6-12(10)16)17-7-8-1-4-11(15)13(5-8)18(19)20/h1-6,17H,7H2. The lowest BCUT2D eigenvalue weighted by Crippen LogP contribution is -2.00. The Balaban J connectivity index is 2.12. The molecule has 0 aliphatic heterocycles. The van der Waals surface area contributed by atoms with Crippen molar-refractivity contribution in [3.8, 4) is 0 Å². The summed E-state index contributed by atoms with van der Waals surface area (Å²) in [5.41, 5.74) is 1.50. The molecular weight excluding hydrogens is 367 g/mol. The van der Waals surface area contributed by atoms with Gasteiger partial charge in [0.1, 0.15) is 5.02 Å². The van der Waals surface area contributed by atoms with Gasteiger partial charge in [0.2, 0.25) is 0 Å². The molecule has 0 heterocycles. The van der Waals surface area contributed by atoms with E-state index in [1.807, 2.05) is 12.1 Å². The third kappa shape index (κ3) is 3.62. The van der Waals surface area contributed by atoms with E-state index in [9.17, 15) is 10.1 Å². The van der Waals surface area contributed by atoms with Gasteiger partial charge in [0.25, 0.3) is 5.69 Å². The zero-order valence-corrected chi connectivity index (χ0v) is 13.2. The van der Waals surface area contributed by atoms with Gasteiger partial charge in [0, 0.05) is 22.8 Å². The summed E-state index contributed by atoms with van der Waals surface area (Å²) in [6.45, 7) is 0.440. The molecule has 2 rings (SSSR count). The van der Waals surface area contributed by atoms with Gasteiger partial charge in [0.15, 0.2) is 0 Å². The highest BCUT2D eigenvalue weighted by molar-refractivity contribution is 9.10. The van der Waals surface area contributed by atoms with Gasteiger partial charge in [0.05, 0.1) is 9.95 Å². The van der Waals surface area contributed by atoms with Crippen molar-refractivity contribution in [2.45, 2.75) is 6.54 Å². The van der Waals surface area contributed by atoms with Crippen molar-refractivity contribution in [3.05, 3.63) is 66.6 Å². The second-order valence-corrected chi connectivity index (χ2v) is 5.69. The van der Waals surface area contributed by atoms with Gasteiger partial charge in [-0.2, -0.15) is 0 Å². The highest BCUT2D eigenvalue weighted by Gasteiger charge is 2.12. The van der Waals surface area contributed by atoms with E-state index in [4.69, 9.17) is 23.2 Å². The lowest BCUT2D eigenvalue weighted by molar-refractivity contribution is -0.384. The predicted molar refractivity (Wildman–Crippen MR) is 84.6 cm³/mol. The van der Waals surface area contributed by atoms with Crippen LogP contribution in [0.3, 0.4) is 0 Å². The van der Waals surface area contributed by atoms with E-state index in [0.717, 1.165) is 15.7 Å². The van der Waals surface area contributed by atoms with Crippen LogP contribution in [0.25, 0.3) is 0 Å². The number of anilines is 1. The fourth-order valence-electron chi connectivity index (χ4n) is 1.62. The first-order valence-corrected chi connectivity index (χ1v) is 7.14. The molecule has 0 fully saturated rings. The number of benzene rings is 2. The zero-order chi connectivity index (χ0) is 14.7. The molecule has 0 spiro atoms. The van der Waals surface area contributed by atoms with Crippen molar-refractivity contribution in [1.29, 1.82) is 0 Å². The molecule has 0 aromatic heterocycles. The highest BCUT2D eigenvalue weighted by atomic mass is 79.9. The minimum atomic E-state index is -0.498. The van der Waals surface area contributed by atoms with E-state index in [-0.39, 0.29) is 10.7 Å². The molecule has 0 aliphatic carbocycles. The van der Waals surface area contributed by atoms with Gasteiger partial charge >= 0.3 is 0 Å². The summed E-state index contributed by atoms with van der Waals surface area (Å²) in [5.74, 6) is 0. The summed E-state index contributed by atoms with van der Waals surface area (Å²) in [5, 5.41) is 14.7. The maximum absolute atomic E-state index is 10.8. The van der Waals surface area contributed by atoms with Crippen LogP contribution in [0.5, 0.6) is 0 Å². The molecule has 0 saturated heterocycles. The Hall–Kier alpha value is -1.30. The van der Waals surface area contributed by atoms with E-state index in [1.165, 1.54) is 12.1 Å². The molecule has 0 amide bonds. The van der Waals surface area contributed by atoms with Crippen molar-refractivity contribution in [2.75, 3.05) is 5.32 Å². The molecule has 4 nitrogen and oxygen atoms in total. The summed E-state index contributed by atoms with van der Waals surface area (Å²) in [6.07, 6.45) is 0. The van der Waals surface area contributed by atoms with Gasteiger partial charge < -0.3 is 5.32 Å². The molecule has 2 aromatic carbocycles. The van der Waals surface area contributed by atoms with E-state index in [1.54, 1.807) is 12.1 Å². The summed E-state index contributed by atoms with van der Waals surface area (Å²) >= 11 is 15.1. The number of hydrogen-bond donors (Lipinski definition) is 1. The Morgan fingerprint density at radius 3 is 2.55 bits per heavy atom. The number of nitrogens with zero attached hydrogens (tertiary/aromatic N) is 1. The van der Waals surface area contributed by atoms with Crippen LogP contribution in [0.15, 0.2) is 40.9 Å². The molecule has 0 saturated carbocycles. The quantitative estimate of drug-likeness (QED) is 0.584. The van der Waals surface area contributed by atoms with Crippen molar-refractivity contribution in [1.82, 2.24) is 0 Å². The Bertz CT molecular complexity index is 665. The molecule has 0 atom stereocenters. The molecule has 2 aromatic rings. The van der Waals surface area contributed by atoms with Gasteiger partial charge in [-0.3, -0.25) is 10.1 Å². The van der Waals surface area contributed by atoms with Gasteiger partial charge in [-0.1, -0.05) is 29.3 Å². The summed E-state index contributed by atoms with van der Waals surface area (Å²) in [4.78, 5) is 10.3. The van der Waals surface area contributed by atoms with Crippen LogP contribution in [0, 0.1) is 10.1 Å². The second kappa shape index (κ2) is 6.43. The van der Waals surface area contributed by atoms with Gasteiger partial charge in [-0.05, 0) is 45.8 Å². The molecule has 1 N–H and O–H groups in total. The average Bonchev–Trinajstić information content (AvgIpc) is 2.41. The SMILES string of the molecule is O=[N+]([O-])c1cc(CNc2ccc(Br)c(Cl)c2)ccc1Cl. The Morgan fingerprint density at radius 1 is 1.15 bits per heavy atom. The fourth-order valence-corrected chi connectivity index (χ4v) is 2.23. The first-order valence-electron chi connectivity index (χ1n) is 5.59. The van der Waals surface area contributed by atoms with E-state index >= 15 is 0 Å². The number of rotatable bonds is 4. The number of nitro groups is 1. The number of nitro benzene ring substituents is 1. The predicted octanol–water partition coefficient (Wildman–Crippen LogP) is 5.28. The minimum absolute atomic E-state index is 0.0974. The van der Waals surface area contributed by atoms with Crippen LogP contribution in [-0.4, -0.2) is 4.92 Å². The van der Waals surface area contributed by atoms with Gasteiger partial charge in [-0.25, -0.2) is 0 Å². The molecule has 0 aliphatic rings. The van der Waals surface area contributed by atoms with Crippen LogP contribution in [0.1, 0.15) is 5.56 Å². The largest absolute Gasteiger partial charge is 0.381 e. The van der Waals surface area contributed by atoms with E-state index < -0.39 is 4.92 Å². The molecule has 0 unspecified atom stereocenters. The van der Waals surface area contributed by atoms with Crippen LogP contribution in [0.2, 0.25) is 10.0 Å². The second-order valence-electron chi connectivity index (χ2n) is 4.03. The molecular formula is C13H9BrCl2N2O2. The van der Waals surface area contributed by atoms with Crippen molar-refractivity contribution in [2.24, 2.45) is 0 Å². The highest BCUT2D eigenvalue weighted by Crippen LogP contribution is 2.27. The fraction of sp³-hybridized carbons (Fsp3) is 0.0769. The topological polar surface area (TPSA) is 55.2 Å². The van der Waals surface area contributed by atoms with E-state index in [2.05, 4.69) is 21.2 Å². The zero-order valence-electron chi connectivity index (χ0n) is 10.1. The number of nitrogens with one attached hydrogen (secondary N) is 1. The first-order chi connectivity index (χ1) is 9.47. The Kier molecular flexibility index (Phi) is 4.86. The summed E-state index contributed by atoms with van der Waals surface area (Å²) < 4.78 is 0.812. The van der Waals surface area contributed by atoms with Gasteiger partial charge in [-0.15, -0.1) is 0 Å². The molecule has 0 radical (unpaired) electrons. The normalized spacial score (nSPS) is 10.3. The first kappa shape index (κ1) is 15.1. The third-order valence-electron chi connectivity index (χ3n) is 2.62. The van der Waals surface area contributed by atoms with Crippen LogP contribution >= 0.6 is 39.1 Å². The van der Waals surface area contributed by atoms with E-state index in [0.29, 0.717) is 11.6 Å². The Labute approximate surface area is 134 Å². The smallest absolute Gasteiger partial charge is 0.288 e. The molecule has 7 heteroatoms. The average molecular weight is 376 g/mol. The molecule has 0 bridgehead atoms. The van der Waals surface area contributed by atoms with Crippen molar-refractivity contribution in [3.63, 3.8) is 0 Å². The molecule has 104 valence electrons. The van der Waals surface area contributed by atoms with Crippen molar-refractivity contribution >= 4 is 50.5 Å². The Morgan fingerprint density at radius 2 is 1.90 bits per heavy atom. The monoisotopic (exact) mass is 374 g/mol. The minimum Gasteiger partial charge on any atom is -0.381 e. The summed E-state index contributed by atoms with van der Waals surface area (Å²) in [6, 6.07) is 10.2. The lowest BCUT2D eigenvalue weighted by atomic mass is 10.2. The lowest BCUT2D eigenvalue weighted by Gasteiger charge is -2.08. The number of halogens is 3. The molecule has 20 heavy (non-hydrogen) atoms. The van der Waals surface area contributed by atoms with Crippen molar-refractivity contribution < 1.29 is 4.92 Å². The maximum atomic E-state index is 10.8. The number of hydrogen-bond acceptors (Lipinski definition) is 3. The summed E-state index contributed by atoms with van der Waals surface area (Å²) in [7, 11) is 0. The van der Waals surface area contributed by atoms with Crippen LogP contribution < -0.4 is 5.32 Å². The third-order valence-corrected chi connectivity index (χ3v) is 4.18. The van der Waals surface area contributed by atoms with Crippen LogP contribution in [-0.2, 0) is 6.54 Å². The van der Waals surface area contributed by atoms with Crippen LogP contribution in [0.4, 0.5) is 11.4 Å².